The number of anilines is 1. The summed E-state index contributed by atoms with van der Waals surface area (Å²) in [7, 11) is 0. The van der Waals surface area contributed by atoms with Crippen LogP contribution in [0.2, 0.25) is 0 Å². The fraction of sp³-hybridized carbons (Fsp3) is 0.385. The first-order valence-corrected chi connectivity index (χ1v) is 5.33. The normalized spacial score (nSPS) is 14.8. The van der Waals surface area contributed by atoms with Crippen LogP contribution in [-0.4, -0.2) is 6.54 Å². The Balaban J connectivity index is 1.85. The predicted octanol–water partition coefficient (Wildman–Crippen LogP) is 3.52. The van der Waals surface area contributed by atoms with Crippen LogP contribution in [0.4, 0.5) is 5.69 Å². The molecule has 1 aliphatic carbocycles. The SMILES string of the molecule is Cc1cccc(NCC=C2CCC2)c1. The highest BCUT2D eigenvalue weighted by atomic mass is 14.9. The van der Waals surface area contributed by atoms with E-state index in [2.05, 4.69) is 42.6 Å². The van der Waals surface area contributed by atoms with E-state index in [1.807, 2.05) is 0 Å². The van der Waals surface area contributed by atoms with Crippen LogP contribution in [-0.2, 0) is 0 Å². The summed E-state index contributed by atoms with van der Waals surface area (Å²) in [6.45, 7) is 3.09. The third-order valence-electron chi connectivity index (χ3n) is 2.71. The van der Waals surface area contributed by atoms with Crippen LogP contribution in [0.3, 0.4) is 0 Å². The third-order valence-corrected chi connectivity index (χ3v) is 2.71. The molecular formula is C13H17N. The van der Waals surface area contributed by atoms with Crippen molar-refractivity contribution >= 4 is 5.69 Å². The summed E-state index contributed by atoms with van der Waals surface area (Å²) < 4.78 is 0. The summed E-state index contributed by atoms with van der Waals surface area (Å²) in [4.78, 5) is 0. The van der Waals surface area contributed by atoms with Gasteiger partial charge in [-0.2, -0.15) is 0 Å². The molecule has 0 aromatic heterocycles. The second-order valence-electron chi connectivity index (χ2n) is 3.97. The lowest BCUT2D eigenvalue weighted by Crippen LogP contribution is -2.03. The highest BCUT2D eigenvalue weighted by Gasteiger charge is 2.06. The van der Waals surface area contributed by atoms with Gasteiger partial charge in [-0.25, -0.2) is 0 Å². The van der Waals surface area contributed by atoms with Gasteiger partial charge in [-0.15, -0.1) is 0 Å². The second kappa shape index (κ2) is 4.32. The topological polar surface area (TPSA) is 12.0 Å². The molecule has 1 nitrogen and oxygen atoms in total. The Morgan fingerprint density at radius 2 is 2.21 bits per heavy atom. The van der Waals surface area contributed by atoms with Crippen molar-refractivity contribution < 1.29 is 0 Å². The van der Waals surface area contributed by atoms with Crippen molar-refractivity contribution in [2.45, 2.75) is 26.2 Å². The number of allylic oxidation sites excluding steroid dienone is 1. The van der Waals surface area contributed by atoms with Crippen LogP contribution in [0, 0.1) is 6.92 Å². The molecule has 0 amide bonds. The Morgan fingerprint density at radius 1 is 1.36 bits per heavy atom. The van der Waals surface area contributed by atoms with E-state index in [0.717, 1.165) is 6.54 Å². The molecule has 74 valence electrons. The van der Waals surface area contributed by atoms with Crippen LogP contribution in [0.15, 0.2) is 35.9 Å². The molecule has 0 bridgehead atoms. The van der Waals surface area contributed by atoms with Gasteiger partial charge in [0.25, 0.3) is 0 Å². The first kappa shape index (κ1) is 9.32. The lowest BCUT2D eigenvalue weighted by molar-refractivity contribution is 0.659. The standard InChI is InChI=1S/C13H17N/c1-11-4-2-7-13(10-11)14-9-8-12-5-3-6-12/h2,4,7-8,10,14H,3,5-6,9H2,1H3. The molecule has 2 rings (SSSR count). The van der Waals surface area contributed by atoms with E-state index in [0.29, 0.717) is 0 Å². The third kappa shape index (κ3) is 2.38. The quantitative estimate of drug-likeness (QED) is 0.714. The largest absolute Gasteiger partial charge is 0.382 e. The molecule has 0 atom stereocenters. The first-order chi connectivity index (χ1) is 6.84. The van der Waals surface area contributed by atoms with Gasteiger partial charge in [0.2, 0.25) is 0 Å². The minimum absolute atomic E-state index is 0.971. The second-order valence-corrected chi connectivity index (χ2v) is 3.97. The van der Waals surface area contributed by atoms with Gasteiger partial charge in [0.1, 0.15) is 0 Å². The van der Waals surface area contributed by atoms with Gasteiger partial charge in [0, 0.05) is 12.2 Å². The zero-order chi connectivity index (χ0) is 9.80. The minimum Gasteiger partial charge on any atom is -0.382 e. The Kier molecular flexibility index (Phi) is 2.87. The van der Waals surface area contributed by atoms with Crippen molar-refractivity contribution in [3.8, 4) is 0 Å². The number of nitrogens with one attached hydrogen (secondary N) is 1. The summed E-state index contributed by atoms with van der Waals surface area (Å²) in [6.07, 6.45) is 6.34. The smallest absolute Gasteiger partial charge is 0.0345 e. The zero-order valence-corrected chi connectivity index (χ0v) is 8.72. The monoisotopic (exact) mass is 187 g/mol. The zero-order valence-electron chi connectivity index (χ0n) is 8.72. The lowest BCUT2D eigenvalue weighted by atomic mass is 9.92. The molecule has 1 saturated carbocycles. The molecule has 0 aliphatic heterocycles. The number of aryl methyl sites for hydroxylation is 1. The van der Waals surface area contributed by atoms with Crippen molar-refractivity contribution in [1.82, 2.24) is 0 Å². The van der Waals surface area contributed by atoms with Crippen LogP contribution >= 0.6 is 0 Å². The molecule has 0 radical (unpaired) electrons. The van der Waals surface area contributed by atoms with Crippen LogP contribution in [0.25, 0.3) is 0 Å². The Morgan fingerprint density at radius 3 is 2.86 bits per heavy atom. The maximum Gasteiger partial charge on any atom is 0.0345 e. The molecule has 1 fully saturated rings. The number of benzene rings is 1. The average molecular weight is 187 g/mol. The van der Waals surface area contributed by atoms with Gasteiger partial charge >= 0.3 is 0 Å². The molecule has 1 aliphatic rings. The fourth-order valence-corrected chi connectivity index (χ4v) is 1.65. The molecule has 1 N–H and O–H groups in total. The van der Waals surface area contributed by atoms with E-state index < -0.39 is 0 Å². The summed E-state index contributed by atoms with van der Waals surface area (Å²) >= 11 is 0. The van der Waals surface area contributed by atoms with E-state index in [1.165, 1.54) is 30.5 Å². The predicted molar refractivity (Wildman–Crippen MR) is 61.6 cm³/mol. The molecule has 14 heavy (non-hydrogen) atoms. The van der Waals surface area contributed by atoms with Crippen molar-refractivity contribution in [2.75, 3.05) is 11.9 Å². The molecule has 1 aromatic carbocycles. The van der Waals surface area contributed by atoms with E-state index in [1.54, 1.807) is 5.57 Å². The van der Waals surface area contributed by atoms with Gasteiger partial charge in [-0.1, -0.05) is 23.8 Å². The summed E-state index contributed by atoms with van der Waals surface area (Å²) in [6, 6.07) is 8.51. The highest BCUT2D eigenvalue weighted by Crippen LogP contribution is 2.24. The molecular weight excluding hydrogens is 170 g/mol. The number of hydrogen-bond acceptors (Lipinski definition) is 1. The van der Waals surface area contributed by atoms with Crippen molar-refractivity contribution in [2.24, 2.45) is 0 Å². The summed E-state index contributed by atoms with van der Waals surface area (Å²) in [5.41, 5.74) is 4.15. The van der Waals surface area contributed by atoms with E-state index in [9.17, 15) is 0 Å². The minimum atomic E-state index is 0.971. The molecule has 0 spiro atoms. The van der Waals surface area contributed by atoms with Gasteiger partial charge in [0.15, 0.2) is 0 Å². The maximum absolute atomic E-state index is 3.41. The first-order valence-electron chi connectivity index (χ1n) is 5.33. The van der Waals surface area contributed by atoms with Gasteiger partial charge in [0.05, 0.1) is 0 Å². The number of rotatable bonds is 3. The Bertz CT molecular complexity index is 333. The Hall–Kier alpha value is -1.24. The van der Waals surface area contributed by atoms with Crippen molar-refractivity contribution in [3.05, 3.63) is 41.5 Å². The molecule has 0 heterocycles. The van der Waals surface area contributed by atoms with Gasteiger partial charge < -0.3 is 5.32 Å². The van der Waals surface area contributed by atoms with E-state index in [-0.39, 0.29) is 0 Å². The molecule has 1 aromatic rings. The molecule has 1 heteroatoms. The Labute approximate surface area is 85.8 Å². The molecule has 0 unspecified atom stereocenters. The van der Waals surface area contributed by atoms with Gasteiger partial charge in [-0.3, -0.25) is 0 Å². The highest BCUT2D eigenvalue weighted by molar-refractivity contribution is 5.45. The average Bonchev–Trinajstić information content (AvgIpc) is 2.09. The van der Waals surface area contributed by atoms with Gasteiger partial charge in [-0.05, 0) is 43.9 Å². The summed E-state index contributed by atoms with van der Waals surface area (Å²) in [5.74, 6) is 0. The lowest BCUT2D eigenvalue weighted by Gasteiger charge is -2.16. The maximum atomic E-state index is 3.41. The van der Waals surface area contributed by atoms with E-state index >= 15 is 0 Å². The van der Waals surface area contributed by atoms with Crippen LogP contribution in [0.5, 0.6) is 0 Å². The van der Waals surface area contributed by atoms with Crippen LogP contribution in [0.1, 0.15) is 24.8 Å². The van der Waals surface area contributed by atoms with Crippen molar-refractivity contribution in [1.29, 1.82) is 0 Å². The molecule has 0 saturated heterocycles. The number of hydrogen-bond donors (Lipinski definition) is 1. The summed E-state index contributed by atoms with van der Waals surface area (Å²) in [5, 5.41) is 3.41. The fourth-order valence-electron chi connectivity index (χ4n) is 1.65. The van der Waals surface area contributed by atoms with Crippen molar-refractivity contribution in [3.63, 3.8) is 0 Å². The van der Waals surface area contributed by atoms with Crippen LogP contribution < -0.4 is 5.32 Å². The van der Waals surface area contributed by atoms with E-state index in [4.69, 9.17) is 0 Å².